The molecule has 0 N–H and O–H groups in total. The zero-order valence-corrected chi connectivity index (χ0v) is 11.7. The molecule has 0 unspecified atom stereocenters. The number of hydrogen-bond donors (Lipinski definition) is 0. The first-order chi connectivity index (χ1) is 9.20. The number of methoxy groups -OCH3 is 1. The second kappa shape index (κ2) is 6.28. The van der Waals surface area contributed by atoms with Crippen LogP contribution in [0.3, 0.4) is 0 Å². The Hall–Kier alpha value is -1.96. The first kappa shape index (κ1) is 13.5. The molecular formula is C17H19O2. The molecular weight excluding hydrogens is 236 g/mol. The van der Waals surface area contributed by atoms with E-state index < -0.39 is 0 Å². The highest BCUT2D eigenvalue weighted by Gasteiger charge is 2.02. The minimum absolute atomic E-state index is 0.660. The van der Waals surface area contributed by atoms with Crippen molar-refractivity contribution in [1.29, 1.82) is 0 Å². The summed E-state index contributed by atoms with van der Waals surface area (Å²) in [7, 11) is 1.66. The molecule has 0 saturated carbocycles. The molecule has 0 saturated heterocycles. The molecule has 0 heterocycles. The standard InChI is InChI=1S/C17H19O2/c1-13-5-4-6-15(14(13)2)11-12-19-17-9-7-16(18-3)8-10-17/h4-5,7-10H,11-12H2,1-3H3. The molecule has 0 aliphatic heterocycles. The lowest BCUT2D eigenvalue weighted by Crippen LogP contribution is -2.03. The molecule has 1 radical (unpaired) electrons. The Labute approximate surface area is 115 Å². The second-order valence-corrected chi connectivity index (χ2v) is 4.54. The van der Waals surface area contributed by atoms with Gasteiger partial charge in [0, 0.05) is 6.42 Å². The predicted molar refractivity (Wildman–Crippen MR) is 76.9 cm³/mol. The summed E-state index contributed by atoms with van der Waals surface area (Å²) in [6.45, 7) is 4.92. The van der Waals surface area contributed by atoms with Gasteiger partial charge in [0.15, 0.2) is 0 Å². The van der Waals surface area contributed by atoms with Crippen molar-refractivity contribution in [2.24, 2.45) is 0 Å². The van der Waals surface area contributed by atoms with Crippen LogP contribution in [0.4, 0.5) is 0 Å². The van der Waals surface area contributed by atoms with Gasteiger partial charge in [0.2, 0.25) is 0 Å². The average molecular weight is 255 g/mol. The van der Waals surface area contributed by atoms with Gasteiger partial charge in [0.05, 0.1) is 13.7 Å². The zero-order chi connectivity index (χ0) is 13.7. The van der Waals surface area contributed by atoms with Crippen molar-refractivity contribution in [3.8, 4) is 11.5 Å². The molecule has 0 fully saturated rings. The van der Waals surface area contributed by atoms with Gasteiger partial charge >= 0.3 is 0 Å². The predicted octanol–water partition coefficient (Wildman–Crippen LogP) is 3.73. The Kier molecular flexibility index (Phi) is 4.45. The van der Waals surface area contributed by atoms with Crippen LogP contribution >= 0.6 is 0 Å². The van der Waals surface area contributed by atoms with Crippen molar-refractivity contribution in [1.82, 2.24) is 0 Å². The summed E-state index contributed by atoms with van der Waals surface area (Å²) in [5.74, 6) is 1.71. The molecule has 0 aliphatic carbocycles. The molecule has 0 aromatic heterocycles. The summed E-state index contributed by atoms with van der Waals surface area (Å²) < 4.78 is 10.8. The van der Waals surface area contributed by atoms with Crippen LogP contribution in [0.15, 0.2) is 36.4 Å². The molecule has 0 atom stereocenters. The Balaban J connectivity index is 1.90. The lowest BCUT2D eigenvalue weighted by atomic mass is 10.0. The first-order valence-corrected chi connectivity index (χ1v) is 6.44. The lowest BCUT2D eigenvalue weighted by molar-refractivity contribution is 0.320. The summed E-state index contributed by atoms with van der Waals surface area (Å²) in [6, 6.07) is 15.0. The molecule has 2 nitrogen and oxygen atoms in total. The topological polar surface area (TPSA) is 18.5 Å². The molecule has 2 aromatic carbocycles. The molecule has 2 aromatic rings. The van der Waals surface area contributed by atoms with Crippen LogP contribution in [0.2, 0.25) is 0 Å². The Morgan fingerprint density at radius 3 is 2.37 bits per heavy atom. The van der Waals surface area contributed by atoms with Crippen LogP contribution in [0.5, 0.6) is 11.5 Å². The molecule has 2 rings (SSSR count). The fourth-order valence-electron chi connectivity index (χ4n) is 1.94. The van der Waals surface area contributed by atoms with Crippen LogP contribution in [-0.2, 0) is 6.42 Å². The highest BCUT2D eigenvalue weighted by atomic mass is 16.5. The number of aryl methyl sites for hydroxylation is 1. The Bertz CT molecular complexity index is 529. The van der Waals surface area contributed by atoms with Crippen molar-refractivity contribution in [2.75, 3.05) is 13.7 Å². The van der Waals surface area contributed by atoms with Crippen molar-refractivity contribution >= 4 is 0 Å². The van der Waals surface area contributed by atoms with Gasteiger partial charge in [0.25, 0.3) is 0 Å². The van der Waals surface area contributed by atoms with Gasteiger partial charge < -0.3 is 9.47 Å². The van der Waals surface area contributed by atoms with Crippen molar-refractivity contribution in [3.05, 3.63) is 59.2 Å². The fourth-order valence-corrected chi connectivity index (χ4v) is 1.94. The molecule has 19 heavy (non-hydrogen) atoms. The van der Waals surface area contributed by atoms with Crippen molar-refractivity contribution < 1.29 is 9.47 Å². The van der Waals surface area contributed by atoms with Gasteiger partial charge in [-0.1, -0.05) is 12.1 Å². The van der Waals surface area contributed by atoms with Gasteiger partial charge in [-0.25, -0.2) is 0 Å². The van der Waals surface area contributed by atoms with E-state index in [0.717, 1.165) is 17.9 Å². The maximum Gasteiger partial charge on any atom is 0.119 e. The van der Waals surface area contributed by atoms with E-state index in [1.807, 2.05) is 30.3 Å². The van der Waals surface area contributed by atoms with Crippen LogP contribution in [-0.4, -0.2) is 13.7 Å². The summed E-state index contributed by atoms with van der Waals surface area (Å²) >= 11 is 0. The summed E-state index contributed by atoms with van der Waals surface area (Å²) in [5.41, 5.74) is 3.84. The average Bonchev–Trinajstić information content (AvgIpc) is 2.44. The van der Waals surface area contributed by atoms with Gasteiger partial charge in [-0.05, 0) is 60.9 Å². The first-order valence-electron chi connectivity index (χ1n) is 6.44. The van der Waals surface area contributed by atoms with E-state index in [9.17, 15) is 0 Å². The summed E-state index contributed by atoms with van der Waals surface area (Å²) in [4.78, 5) is 0. The monoisotopic (exact) mass is 255 g/mol. The van der Waals surface area contributed by atoms with E-state index in [-0.39, 0.29) is 0 Å². The summed E-state index contributed by atoms with van der Waals surface area (Å²) in [5, 5.41) is 0. The molecule has 0 bridgehead atoms. The third-order valence-electron chi connectivity index (χ3n) is 3.32. The Morgan fingerprint density at radius 1 is 1.00 bits per heavy atom. The highest BCUT2D eigenvalue weighted by molar-refractivity contribution is 5.33. The van der Waals surface area contributed by atoms with E-state index in [2.05, 4.69) is 26.0 Å². The zero-order valence-electron chi connectivity index (χ0n) is 11.7. The van der Waals surface area contributed by atoms with Crippen LogP contribution < -0.4 is 9.47 Å². The van der Waals surface area contributed by atoms with Gasteiger partial charge in [-0.15, -0.1) is 0 Å². The minimum Gasteiger partial charge on any atom is -0.497 e. The van der Waals surface area contributed by atoms with E-state index in [4.69, 9.17) is 9.47 Å². The number of benzene rings is 2. The lowest BCUT2D eigenvalue weighted by Gasteiger charge is -2.10. The summed E-state index contributed by atoms with van der Waals surface area (Å²) in [6.07, 6.45) is 0.875. The van der Waals surface area contributed by atoms with Gasteiger partial charge in [-0.3, -0.25) is 0 Å². The van der Waals surface area contributed by atoms with Gasteiger partial charge in [-0.2, -0.15) is 0 Å². The third-order valence-corrected chi connectivity index (χ3v) is 3.32. The molecule has 0 spiro atoms. The van der Waals surface area contributed by atoms with E-state index in [0.29, 0.717) is 6.61 Å². The quantitative estimate of drug-likeness (QED) is 0.810. The smallest absolute Gasteiger partial charge is 0.119 e. The normalized spacial score (nSPS) is 10.3. The van der Waals surface area contributed by atoms with E-state index in [1.165, 1.54) is 16.7 Å². The van der Waals surface area contributed by atoms with Crippen LogP contribution in [0.1, 0.15) is 16.7 Å². The number of hydrogen-bond acceptors (Lipinski definition) is 2. The van der Waals surface area contributed by atoms with Crippen LogP contribution in [0.25, 0.3) is 0 Å². The largest absolute Gasteiger partial charge is 0.497 e. The van der Waals surface area contributed by atoms with E-state index in [1.54, 1.807) is 7.11 Å². The highest BCUT2D eigenvalue weighted by Crippen LogP contribution is 2.18. The second-order valence-electron chi connectivity index (χ2n) is 4.54. The number of ether oxygens (including phenoxy) is 2. The fraction of sp³-hybridized carbons (Fsp3) is 0.294. The molecule has 0 amide bonds. The Morgan fingerprint density at radius 2 is 1.68 bits per heavy atom. The van der Waals surface area contributed by atoms with E-state index >= 15 is 0 Å². The molecule has 2 heteroatoms. The minimum atomic E-state index is 0.660. The molecule has 0 aliphatic rings. The van der Waals surface area contributed by atoms with Gasteiger partial charge in [0.1, 0.15) is 11.5 Å². The SMILES string of the molecule is COc1ccc(OCCc2[c]ccc(C)c2C)cc1. The maximum absolute atomic E-state index is 5.73. The third kappa shape index (κ3) is 3.50. The maximum atomic E-state index is 5.73. The number of rotatable bonds is 5. The van der Waals surface area contributed by atoms with Crippen LogP contribution in [0, 0.1) is 19.9 Å². The van der Waals surface area contributed by atoms with Crippen molar-refractivity contribution in [2.45, 2.75) is 20.3 Å². The van der Waals surface area contributed by atoms with Crippen molar-refractivity contribution in [3.63, 3.8) is 0 Å². The molecule has 99 valence electrons.